The minimum absolute atomic E-state index is 0.319. The molecule has 0 bridgehead atoms. The third kappa shape index (κ3) is 2.03. The predicted molar refractivity (Wildman–Crippen MR) is 62.9 cm³/mol. The number of rotatable bonds is 3. The molecule has 0 unspecified atom stereocenters. The normalized spacial score (nSPS) is 16.4. The second kappa shape index (κ2) is 4.81. The number of benzene rings is 1. The van der Waals surface area contributed by atoms with E-state index < -0.39 is 7.12 Å². The summed E-state index contributed by atoms with van der Waals surface area (Å²) in [4.78, 5) is 11.1. The van der Waals surface area contributed by atoms with Crippen LogP contribution in [0.3, 0.4) is 0 Å². The van der Waals surface area contributed by atoms with Crippen molar-refractivity contribution in [3.8, 4) is 0 Å². The van der Waals surface area contributed by atoms with Crippen LogP contribution in [0.1, 0.15) is 47.5 Å². The Hall–Kier alpha value is -1.13. The molecular formula is C12H15BO3. The first-order chi connectivity index (χ1) is 7.74. The average molecular weight is 218 g/mol. The fourth-order valence-corrected chi connectivity index (χ4v) is 2.56. The van der Waals surface area contributed by atoms with Crippen LogP contribution in [0.15, 0.2) is 18.2 Å². The lowest BCUT2D eigenvalue weighted by Gasteiger charge is -2.15. The van der Waals surface area contributed by atoms with E-state index >= 15 is 0 Å². The molecule has 4 heteroatoms. The average Bonchev–Trinajstić information content (AvgIpc) is 2.81. The number of carbonyl (C=O) groups excluding carboxylic acids is 1. The summed E-state index contributed by atoms with van der Waals surface area (Å²) < 4.78 is 0. The second-order valence-corrected chi connectivity index (χ2v) is 4.32. The molecule has 0 atom stereocenters. The van der Waals surface area contributed by atoms with Crippen LogP contribution in [0.5, 0.6) is 0 Å². The van der Waals surface area contributed by atoms with Crippen molar-refractivity contribution in [1.82, 2.24) is 0 Å². The van der Waals surface area contributed by atoms with Crippen LogP contribution < -0.4 is 5.46 Å². The molecule has 1 fully saturated rings. The Bertz CT molecular complexity index is 384. The molecule has 3 nitrogen and oxygen atoms in total. The smallest absolute Gasteiger partial charge is 0.423 e. The van der Waals surface area contributed by atoms with Crippen molar-refractivity contribution < 1.29 is 14.8 Å². The summed E-state index contributed by atoms with van der Waals surface area (Å²) in [5.74, 6) is 0.402. The zero-order valence-electron chi connectivity index (χ0n) is 9.10. The Balaban J connectivity index is 2.43. The third-order valence-electron chi connectivity index (χ3n) is 3.36. The van der Waals surface area contributed by atoms with E-state index in [-0.39, 0.29) is 0 Å². The van der Waals surface area contributed by atoms with Crippen LogP contribution in [0.25, 0.3) is 0 Å². The van der Waals surface area contributed by atoms with Gasteiger partial charge in [-0.3, -0.25) is 4.79 Å². The predicted octanol–water partition coefficient (Wildman–Crippen LogP) is 0.836. The Kier molecular flexibility index (Phi) is 3.41. The highest BCUT2D eigenvalue weighted by atomic mass is 16.4. The van der Waals surface area contributed by atoms with E-state index in [0.717, 1.165) is 24.7 Å². The number of hydrogen-bond acceptors (Lipinski definition) is 3. The molecule has 0 saturated heterocycles. The number of carbonyl (C=O) groups is 1. The second-order valence-electron chi connectivity index (χ2n) is 4.32. The highest BCUT2D eigenvalue weighted by Crippen LogP contribution is 2.34. The fourth-order valence-electron chi connectivity index (χ4n) is 2.56. The van der Waals surface area contributed by atoms with Gasteiger partial charge in [-0.2, -0.15) is 0 Å². The van der Waals surface area contributed by atoms with E-state index in [1.165, 1.54) is 12.8 Å². The van der Waals surface area contributed by atoms with Crippen molar-refractivity contribution in [2.75, 3.05) is 0 Å². The number of hydrogen-bond donors (Lipinski definition) is 2. The van der Waals surface area contributed by atoms with E-state index in [1.54, 1.807) is 12.1 Å². The molecule has 84 valence electrons. The highest BCUT2D eigenvalue weighted by molar-refractivity contribution is 6.60. The Labute approximate surface area is 95.3 Å². The first kappa shape index (κ1) is 11.4. The minimum atomic E-state index is -1.57. The maximum atomic E-state index is 11.1. The van der Waals surface area contributed by atoms with Gasteiger partial charge in [-0.25, -0.2) is 0 Å². The molecule has 2 rings (SSSR count). The largest absolute Gasteiger partial charge is 0.489 e. The molecular weight excluding hydrogens is 203 g/mol. The van der Waals surface area contributed by atoms with Gasteiger partial charge >= 0.3 is 7.12 Å². The standard InChI is InChI=1S/C12H15BO3/c14-8-11-10(9-4-1-2-5-9)6-3-7-12(11)13(15)16/h3,6-9,15-16H,1-2,4-5H2. The van der Waals surface area contributed by atoms with E-state index in [2.05, 4.69) is 0 Å². The Morgan fingerprint density at radius 1 is 1.25 bits per heavy atom. The highest BCUT2D eigenvalue weighted by Gasteiger charge is 2.24. The minimum Gasteiger partial charge on any atom is -0.423 e. The van der Waals surface area contributed by atoms with Crippen molar-refractivity contribution in [3.05, 3.63) is 29.3 Å². The van der Waals surface area contributed by atoms with Crippen LogP contribution in [0.2, 0.25) is 0 Å². The molecule has 0 heterocycles. The van der Waals surface area contributed by atoms with Crippen LogP contribution in [0.4, 0.5) is 0 Å². The summed E-state index contributed by atoms with van der Waals surface area (Å²) in [6.45, 7) is 0. The Morgan fingerprint density at radius 3 is 2.50 bits per heavy atom. The van der Waals surface area contributed by atoms with Gasteiger partial charge in [0.25, 0.3) is 0 Å². The van der Waals surface area contributed by atoms with Crippen molar-refractivity contribution >= 4 is 18.9 Å². The van der Waals surface area contributed by atoms with Gasteiger partial charge in [0.2, 0.25) is 0 Å². The van der Waals surface area contributed by atoms with Crippen LogP contribution in [-0.2, 0) is 0 Å². The van der Waals surface area contributed by atoms with Crippen molar-refractivity contribution in [3.63, 3.8) is 0 Å². The lowest BCUT2D eigenvalue weighted by Crippen LogP contribution is -2.34. The first-order valence-corrected chi connectivity index (χ1v) is 5.68. The zero-order chi connectivity index (χ0) is 11.5. The molecule has 0 radical (unpaired) electrons. The molecule has 1 aliphatic carbocycles. The molecule has 1 saturated carbocycles. The summed E-state index contributed by atoms with van der Waals surface area (Å²) in [5.41, 5.74) is 1.75. The molecule has 16 heavy (non-hydrogen) atoms. The Morgan fingerprint density at radius 2 is 1.94 bits per heavy atom. The molecule has 0 amide bonds. The number of aldehydes is 1. The molecule has 0 spiro atoms. The van der Waals surface area contributed by atoms with Gasteiger partial charge in [-0.15, -0.1) is 0 Å². The summed E-state index contributed by atoms with van der Waals surface area (Å²) >= 11 is 0. The first-order valence-electron chi connectivity index (χ1n) is 5.68. The quantitative estimate of drug-likeness (QED) is 0.583. The summed E-state index contributed by atoms with van der Waals surface area (Å²) in [6, 6.07) is 5.30. The van der Waals surface area contributed by atoms with Gasteiger partial charge in [-0.1, -0.05) is 31.0 Å². The van der Waals surface area contributed by atoms with Gasteiger partial charge in [0, 0.05) is 5.56 Å². The van der Waals surface area contributed by atoms with Gasteiger partial charge in [0.05, 0.1) is 0 Å². The van der Waals surface area contributed by atoms with Gasteiger partial charge < -0.3 is 10.0 Å². The maximum absolute atomic E-state index is 11.1. The van der Waals surface area contributed by atoms with Crippen molar-refractivity contribution in [1.29, 1.82) is 0 Å². The van der Waals surface area contributed by atoms with Crippen molar-refractivity contribution in [2.24, 2.45) is 0 Å². The monoisotopic (exact) mass is 218 g/mol. The zero-order valence-corrected chi connectivity index (χ0v) is 9.10. The lowest BCUT2D eigenvalue weighted by molar-refractivity contribution is 0.112. The summed E-state index contributed by atoms with van der Waals surface area (Å²) in [7, 11) is -1.57. The molecule has 1 aromatic carbocycles. The van der Waals surface area contributed by atoms with E-state index in [4.69, 9.17) is 0 Å². The summed E-state index contributed by atoms with van der Waals surface area (Å²) in [5, 5.41) is 18.4. The van der Waals surface area contributed by atoms with Gasteiger partial charge in [0.1, 0.15) is 6.29 Å². The van der Waals surface area contributed by atoms with Gasteiger partial charge in [-0.05, 0) is 29.8 Å². The topological polar surface area (TPSA) is 57.5 Å². The van der Waals surface area contributed by atoms with E-state index in [9.17, 15) is 14.8 Å². The molecule has 0 aliphatic heterocycles. The maximum Gasteiger partial charge on any atom is 0.489 e. The SMILES string of the molecule is O=Cc1c(B(O)O)cccc1C1CCCC1. The third-order valence-corrected chi connectivity index (χ3v) is 3.36. The van der Waals surface area contributed by atoms with E-state index in [1.807, 2.05) is 6.07 Å². The van der Waals surface area contributed by atoms with Crippen LogP contribution >= 0.6 is 0 Å². The fraction of sp³-hybridized carbons (Fsp3) is 0.417. The van der Waals surface area contributed by atoms with Gasteiger partial charge in [0.15, 0.2) is 0 Å². The molecule has 1 aromatic rings. The molecule has 2 N–H and O–H groups in total. The summed E-state index contributed by atoms with van der Waals surface area (Å²) in [6.07, 6.45) is 5.30. The van der Waals surface area contributed by atoms with Crippen LogP contribution in [0, 0.1) is 0 Å². The molecule has 1 aliphatic rings. The van der Waals surface area contributed by atoms with Crippen LogP contribution in [-0.4, -0.2) is 23.5 Å². The van der Waals surface area contributed by atoms with Crippen molar-refractivity contribution in [2.45, 2.75) is 31.6 Å². The lowest BCUT2D eigenvalue weighted by atomic mass is 9.74. The van der Waals surface area contributed by atoms with E-state index in [0.29, 0.717) is 16.9 Å². The molecule has 0 aromatic heterocycles.